The normalized spacial score (nSPS) is 11.4. The van der Waals surface area contributed by atoms with Crippen LogP contribution in [0.5, 0.6) is 0 Å². The highest BCUT2D eigenvalue weighted by atomic mass is 35.5. The quantitative estimate of drug-likeness (QED) is 0.483. The fourth-order valence-electron chi connectivity index (χ4n) is 2.91. The Morgan fingerprint density at radius 1 is 1.26 bits per heavy atom. The molecule has 0 saturated heterocycles. The van der Waals surface area contributed by atoms with E-state index < -0.39 is 0 Å². The van der Waals surface area contributed by atoms with Crippen molar-refractivity contribution in [2.24, 2.45) is 0 Å². The Hall–Kier alpha value is -2.16. The minimum atomic E-state index is -0.153. The average molecular weight is 418 g/mol. The Labute approximate surface area is 168 Å². The molecule has 6 nitrogen and oxygen atoms in total. The fourth-order valence-corrected chi connectivity index (χ4v) is 5.02. The molecule has 4 aromatic rings. The standard InChI is InChI=1S/C18H16ClN5OS2/c1-3-24-10(2)22-23-18(24)27-9-14-20-16(25)15-12(8-26-17(15)21-14)11-6-4-5-7-13(11)19/h4-8H,3,9H2,1-2H3,(H,20,21,25). The van der Waals surface area contributed by atoms with Gasteiger partial charge in [-0.1, -0.05) is 41.6 Å². The Bertz CT molecular complexity index is 1180. The van der Waals surface area contributed by atoms with Crippen molar-refractivity contribution < 1.29 is 0 Å². The predicted octanol–water partition coefficient (Wildman–Crippen LogP) is 4.52. The van der Waals surface area contributed by atoms with Crippen LogP contribution < -0.4 is 5.56 Å². The minimum Gasteiger partial charge on any atom is -0.309 e. The lowest BCUT2D eigenvalue weighted by atomic mass is 10.1. The van der Waals surface area contributed by atoms with E-state index in [1.54, 1.807) is 0 Å². The van der Waals surface area contributed by atoms with Crippen LogP contribution in [0, 0.1) is 6.92 Å². The molecule has 0 aliphatic carbocycles. The third-order valence-electron chi connectivity index (χ3n) is 4.21. The molecule has 3 aromatic heterocycles. The van der Waals surface area contributed by atoms with Crippen LogP contribution in [0.3, 0.4) is 0 Å². The Balaban J connectivity index is 1.67. The van der Waals surface area contributed by atoms with Crippen LogP contribution in [-0.4, -0.2) is 24.7 Å². The number of H-pyrrole nitrogens is 1. The van der Waals surface area contributed by atoms with E-state index in [1.807, 2.05) is 41.1 Å². The topological polar surface area (TPSA) is 76.5 Å². The van der Waals surface area contributed by atoms with Gasteiger partial charge in [-0.3, -0.25) is 4.79 Å². The first-order valence-electron chi connectivity index (χ1n) is 8.36. The Morgan fingerprint density at radius 2 is 2.07 bits per heavy atom. The van der Waals surface area contributed by atoms with Gasteiger partial charge in [0, 0.05) is 28.1 Å². The van der Waals surface area contributed by atoms with E-state index in [-0.39, 0.29) is 5.56 Å². The SMILES string of the molecule is CCn1c(C)nnc1SCc1nc2scc(-c3ccccc3Cl)c2c(=O)[nH]1. The van der Waals surface area contributed by atoms with Crippen molar-refractivity contribution in [3.05, 3.63) is 56.7 Å². The third kappa shape index (κ3) is 3.40. The number of thiophene rings is 1. The molecule has 138 valence electrons. The van der Waals surface area contributed by atoms with Crippen LogP contribution in [0.4, 0.5) is 0 Å². The van der Waals surface area contributed by atoms with E-state index in [0.29, 0.717) is 26.8 Å². The Morgan fingerprint density at radius 3 is 2.85 bits per heavy atom. The summed E-state index contributed by atoms with van der Waals surface area (Å²) in [4.78, 5) is 21.0. The van der Waals surface area contributed by atoms with Gasteiger partial charge in [0.15, 0.2) is 5.16 Å². The highest BCUT2D eigenvalue weighted by Crippen LogP contribution is 2.35. The van der Waals surface area contributed by atoms with Crippen molar-refractivity contribution in [3.63, 3.8) is 0 Å². The van der Waals surface area contributed by atoms with Crippen molar-refractivity contribution >= 4 is 44.9 Å². The van der Waals surface area contributed by atoms with Gasteiger partial charge in [0.2, 0.25) is 0 Å². The zero-order valence-corrected chi connectivity index (χ0v) is 17.1. The van der Waals surface area contributed by atoms with Gasteiger partial charge < -0.3 is 9.55 Å². The number of thioether (sulfide) groups is 1. The zero-order chi connectivity index (χ0) is 19.0. The molecule has 1 aromatic carbocycles. The summed E-state index contributed by atoms with van der Waals surface area (Å²) in [5, 5.41) is 12.2. The lowest BCUT2D eigenvalue weighted by Crippen LogP contribution is -2.11. The van der Waals surface area contributed by atoms with E-state index in [9.17, 15) is 4.79 Å². The lowest BCUT2D eigenvalue weighted by Gasteiger charge is -2.05. The molecule has 9 heteroatoms. The highest BCUT2D eigenvalue weighted by molar-refractivity contribution is 7.98. The number of aryl methyl sites for hydroxylation is 1. The number of fused-ring (bicyclic) bond motifs is 1. The number of nitrogens with zero attached hydrogens (tertiary/aromatic N) is 4. The molecule has 0 fully saturated rings. The summed E-state index contributed by atoms with van der Waals surface area (Å²) < 4.78 is 2.03. The molecule has 0 atom stereocenters. The van der Waals surface area contributed by atoms with Crippen LogP contribution in [0.25, 0.3) is 21.3 Å². The maximum Gasteiger partial charge on any atom is 0.260 e. The van der Waals surface area contributed by atoms with Crippen LogP contribution in [-0.2, 0) is 12.3 Å². The molecule has 0 bridgehead atoms. The van der Waals surface area contributed by atoms with E-state index in [0.717, 1.165) is 28.7 Å². The molecule has 0 aliphatic rings. The molecule has 0 unspecified atom stereocenters. The van der Waals surface area contributed by atoms with Crippen LogP contribution in [0.15, 0.2) is 39.6 Å². The van der Waals surface area contributed by atoms with E-state index in [2.05, 4.69) is 27.1 Å². The van der Waals surface area contributed by atoms with E-state index in [1.165, 1.54) is 23.1 Å². The van der Waals surface area contributed by atoms with Crippen molar-refractivity contribution in [2.75, 3.05) is 0 Å². The zero-order valence-electron chi connectivity index (χ0n) is 14.7. The number of aromatic amines is 1. The second kappa shape index (κ2) is 7.46. The van der Waals surface area contributed by atoms with Crippen molar-refractivity contribution in [1.29, 1.82) is 0 Å². The molecule has 0 spiro atoms. The maximum atomic E-state index is 12.7. The largest absolute Gasteiger partial charge is 0.309 e. The van der Waals surface area contributed by atoms with Crippen LogP contribution in [0.2, 0.25) is 5.02 Å². The van der Waals surface area contributed by atoms with Gasteiger partial charge in [0.05, 0.1) is 11.1 Å². The first-order valence-corrected chi connectivity index (χ1v) is 10.6. The van der Waals surface area contributed by atoms with Crippen molar-refractivity contribution in [2.45, 2.75) is 31.3 Å². The lowest BCUT2D eigenvalue weighted by molar-refractivity contribution is 0.661. The monoisotopic (exact) mass is 417 g/mol. The van der Waals surface area contributed by atoms with Crippen LogP contribution in [0.1, 0.15) is 18.6 Å². The fraction of sp³-hybridized carbons (Fsp3) is 0.222. The molecule has 4 rings (SSSR count). The van der Waals surface area contributed by atoms with Crippen LogP contribution >= 0.6 is 34.7 Å². The predicted molar refractivity (Wildman–Crippen MR) is 111 cm³/mol. The summed E-state index contributed by atoms with van der Waals surface area (Å²) in [7, 11) is 0. The highest BCUT2D eigenvalue weighted by Gasteiger charge is 2.15. The van der Waals surface area contributed by atoms with E-state index in [4.69, 9.17) is 11.6 Å². The summed E-state index contributed by atoms with van der Waals surface area (Å²) in [6, 6.07) is 7.50. The number of aromatic nitrogens is 5. The molecular weight excluding hydrogens is 402 g/mol. The summed E-state index contributed by atoms with van der Waals surface area (Å²) in [6.45, 7) is 4.78. The first-order chi connectivity index (χ1) is 13.1. The second-order valence-corrected chi connectivity index (χ2v) is 8.09. The molecule has 1 N–H and O–H groups in total. The molecule has 0 amide bonds. The number of halogens is 1. The number of rotatable bonds is 5. The van der Waals surface area contributed by atoms with Gasteiger partial charge in [0.25, 0.3) is 5.56 Å². The molecular formula is C18H16ClN5OS2. The summed E-state index contributed by atoms with van der Waals surface area (Å²) >= 11 is 9.26. The van der Waals surface area contributed by atoms with Gasteiger partial charge in [0.1, 0.15) is 16.5 Å². The van der Waals surface area contributed by atoms with Gasteiger partial charge >= 0.3 is 0 Å². The Kier molecular flexibility index (Phi) is 5.03. The minimum absolute atomic E-state index is 0.153. The second-order valence-electron chi connectivity index (χ2n) is 5.88. The smallest absolute Gasteiger partial charge is 0.260 e. The summed E-state index contributed by atoms with van der Waals surface area (Å²) in [5.41, 5.74) is 1.50. The number of benzene rings is 1. The third-order valence-corrected chi connectivity index (χ3v) is 6.39. The van der Waals surface area contributed by atoms with Gasteiger partial charge in [-0.05, 0) is 19.9 Å². The first kappa shape index (κ1) is 18.2. The molecule has 3 heterocycles. The summed E-state index contributed by atoms with van der Waals surface area (Å²) in [6.07, 6.45) is 0. The molecule has 27 heavy (non-hydrogen) atoms. The maximum absolute atomic E-state index is 12.7. The van der Waals surface area contributed by atoms with Crippen molar-refractivity contribution in [1.82, 2.24) is 24.7 Å². The van der Waals surface area contributed by atoms with Crippen molar-refractivity contribution in [3.8, 4) is 11.1 Å². The number of nitrogens with one attached hydrogen (secondary N) is 1. The van der Waals surface area contributed by atoms with Gasteiger partial charge in [-0.15, -0.1) is 21.5 Å². The van der Waals surface area contributed by atoms with Gasteiger partial charge in [-0.25, -0.2) is 4.98 Å². The molecule has 0 radical (unpaired) electrons. The number of hydrogen-bond donors (Lipinski definition) is 1. The average Bonchev–Trinajstić information content (AvgIpc) is 3.24. The van der Waals surface area contributed by atoms with Gasteiger partial charge in [-0.2, -0.15) is 0 Å². The number of hydrogen-bond acceptors (Lipinski definition) is 6. The molecule has 0 aliphatic heterocycles. The summed E-state index contributed by atoms with van der Waals surface area (Å²) in [5.74, 6) is 2.01. The molecule has 0 saturated carbocycles. The van der Waals surface area contributed by atoms with E-state index >= 15 is 0 Å².